The topological polar surface area (TPSA) is 49.4 Å². The van der Waals surface area contributed by atoms with E-state index in [1.165, 1.54) is 12.1 Å². The van der Waals surface area contributed by atoms with Gasteiger partial charge < -0.3 is 10.2 Å². The van der Waals surface area contributed by atoms with E-state index in [-0.39, 0.29) is 24.3 Å². The number of fused-ring (bicyclic) bond motifs is 1. The van der Waals surface area contributed by atoms with Gasteiger partial charge in [0.15, 0.2) is 0 Å². The lowest BCUT2D eigenvalue weighted by Gasteiger charge is -2.36. The summed E-state index contributed by atoms with van der Waals surface area (Å²) in [6.45, 7) is 4.60. The molecule has 1 unspecified atom stereocenters. The minimum absolute atomic E-state index is 0.0399. The molecule has 0 aromatic heterocycles. The van der Waals surface area contributed by atoms with E-state index in [1.807, 2.05) is 38.1 Å². The Kier molecular flexibility index (Phi) is 6.62. The van der Waals surface area contributed by atoms with Crippen LogP contribution >= 0.6 is 0 Å². The lowest BCUT2D eigenvalue weighted by atomic mass is 9.92. The van der Waals surface area contributed by atoms with Crippen molar-refractivity contribution in [1.29, 1.82) is 0 Å². The molecule has 0 radical (unpaired) electrons. The Balaban J connectivity index is 1.69. The zero-order valence-electron chi connectivity index (χ0n) is 16.8. The molecule has 2 aromatic carbocycles. The third-order valence-electron chi connectivity index (χ3n) is 5.09. The van der Waals surface area contributed by atoms with Crippen LogP contribution in [0, 0.1) is 17.6 Å². The Morgan fingerprint density at radius 2 is 1.76 bits per heavy atom. The highest BCUT2D eigenvalue weighted by Gasteiger charge is 2.34. The Hall–Kier alpha value is -2.76. The molecule has 0 saturated heterocycles. The van der Waals surface area contributed by atoms with Crippen LogP contribution in [0.25, 0.3) is 0 Å². The SMILES string of the molecule is CC(C)CC(=O)N1Cc2ccccc2CC1C(=O)NCCc1cc(F)cc(F)c1. The van der Waals surface area contributed by atoms with Crippen LogP contribution in [-0.2, 0) is 29.0 Å². The molecule has 1 atom stereocenters. The third-order valence-corrected chi connectivity index (χ3v) is 5.09. The number of halogens is 2. The molecule has 0 bridgehead atoms. The zero-order chi connectivity index (χ0) is 21.0. The number of amides is 2. The first-order chi connectivity index (χ1) is 13.8. The summed E-state index contributed by atoms with van der Waals surface area (Å²) in [6, 6.07) is 10.6. The van der Waals surface area contributed by atoms with Gasteiger partial charge in [-0.3, -0.25) is 9.59 Å². The summed E-state index contributed by atoms with van der Waals surface area (Å²) < 4.78 is 26.6. The predicted molar refractivity (Wildman–Crippen MR) is 107 cm³/mol. The molecular formula is C23H26F2N2O2. The number of nitrogens with zero attached hydrogens (tertiary/aromatic N) is 1. The van der Waals surface area contributed by atoms with Crippen LogP contribution < -0.4 is 5.32 Å². The highest BCUT2D eigenvalue weighted by Crippen LogP contribution is 2.25. The first-order valence-electron chi connectivity index (χ1n) is 9.92. The van der Waals surface area contributed by atoms with Gasteiger partial charge >= 0.3 is 0 Å². The van der Waals surface area contributed by atoms with Gasteiger partial charge in [-0.1, -0.05) is 38.1 Å². The van der Waals surface area contributed by atoms with Crippen molar-refractivity contribution in [1.82, 2.24) is 10.2 Å². The van der Waals surface area contributed by atoms with Gasteiger partial charge in [0.05, 0.1) is 0 Å². The Labute approximate surface area is 169 Å². The maximum Gasteiger partial charge on any atom is 0.243 e. The molecule has 4 nitrogen and oxygen atoms in total. The van der Waals surface area contributed by atoms with Crippen molar-refractivity contribution >= 4 is 11.8 Å². The van der Waals surface area contributed by atoms with Crippen LogP contribution in [0.5, 0.6) is 0 Å². The highest BCUT2D eigenvalue weighted by molar-refractivity contribution is 5.88. The Morgan fingerprint density at radius 3 is 2.41 bits per heavy atom. The van der Waals surface area contributed by atoms with E-state index in [0.717, 1.165) is 17.2 Å². The monoisotopic (exact) mass is 400 g/mol. The first kappa shape index (κ1) is 21.0. The van der Waals surface area contributed by atoms with Gasteiger partial charge in [-0.15, -0.1) is 0 Å². The molecule has 0 aliphatic carbocycles. The molecule has 0 spiro atoms. The number of carbonyl (C=O) groups is 2. The van der Waals surface area contributed by atoms with Crippen molar-refractivity contribution in [2.45, 2.75) is 45.7 Å². The molecule has 1 aliphatic rings. The molecule has 3 rings (SSSR count). The number of hydrogen-bond donors (Lipinski definition) is 1. The summed E-state index contributed by atoms with van der Waals surface area (Å²) in [5.41, 5.74) is 2.60. The smallest absolute Gasteiger partial charge is 0.243 e. The van der Waals surface area contributed by atoms with E-state index in [4.69, 9.17) is 0 Å². The van der Waals surface area contributed by atoms with Crippen LogP contribution in [0.3, 0.4) is 0 Å². The standard InChI is InChI=1S/C23H26F2N2O2/c1-15(2)9-22(28)27-14-18-6-4-3-5-17(18)12-21(27)23(29)26-8-7-16-10-19(24)13-20(25)11-16/h3-6,10-11,13,15,21H,7-9,12,14H2,1-2H3,(H,26,29). The summed E-state index contributed by atoms with van der Waals surface area (Å²) in [5.74, 6) is -1.36. The van der Waals surface area contributed by atoms with E-state index >= 15 is 0 Å². The maximum absolute atomic E-state index is 13.3. The van der Waals surface area contributed by atoms with Crippen LogP contribution in [0.2, 0.25) is 0 Å². The van der Waals surface area contributed by atoms with Gasteiger partial charge in [0.1, 0.15) is 17.7 Å². The second-order valence-electron chi connectivity index (χ2n) is 7.93. The third kappa shape index (κ3) is 5.40. The van der Waals surface area contributed by atoms with E-state index < -0.39 is 17.7 Å². The van der Waals surface area contributed by atoms with Crippen LogP contribution in [-0.4, -0.2) is 29.3 Å². The molecule has 2 amide bonds. The molecule has 0 fully saturated rings. The minimum Gasteiger partial charge on any atom is -0.354 e. The minimum atomic E-state index is -0.638. The van der Waals surface area contributed by atoms with Crippen molar-refractivity contribution in [3.63, 3.8) is 0 Å². The summed E-state index contributed by atoms with van der Waals surface area (Å²) in [5, 5.41) is 2.83. The fourth-order valence-corrected chi connectivity index (χ4v) is 3.69. The second kappa shape index (κ2) is 9.16. The summed E-state index contributed by atoms with van der Waals surface area (Å²) in [6.07, 6.45) is 1.15. The highest BCUT2D eigenvalue weighted by atomic mass is 19.1. The molecule has 1 heterocycles. The number of hydrogen-bond acceptors (Lipinski definition) is 2. The maximum atomic E-state index is 13.3. The Bertz CT molecular complexity index is 878. The van der Waals surface area contributed by atoms with E-state index in [1.54, 1.807) is 4.90 Å². The summed E-state index contributed by atoms with van der Waals surface area (Å²) in [7, 11) is 0. The largest absolute Gasteiger partial charge is 0.354 e. The molecule has 0 saturated carbocycles. The van der Waals surface area contributed by atoms with Crippen molar-refractivity contribution in [3.8, 4) is 0 Å². The van der Waals surface area contributed by atoms with Crippen LogP contribution in [0.1, 0.15) is 37.0 Å². The normalized spacial score (nSPS) is 15.9. The molecule has 2 aromatic rings. The predicted octanol–water partition coefficient (Wildman–Crippen LogP) is 3.62. The van der Waals surface area contributed by atoms with Crippen molar-refractivity contribution in [3.05, 3.63) is 70.8 Å². The summed E-state index contributed by atoms with van der Waals surface area (Å²) >= 11 is 0. The molecule has 6 heteroatoms. The fraction of sp³-hybridized carbons (Fsp3) is 0.391. The van der Waals surface area contributed by atoms with Crippen LogP contribution in [0.15, 0.2) is 42.5 Å². The number of carbonyl (C=O) groups excluding carboxylic acids is 2. The molecule has 1 aliphatic heterocycles. The molecule has 1 N–H and O–H groups in total. The quantitative estimate of drug-likeness (QED) is 0.805. The van der Waals surface area contributed by atoms with Crippen molar-refractivity contribution in [2.75, 3.05) is 6.54 Å². The average Bonchev–Trinajstić information content (AvgIpc) is 2.65. The number of nitrogens with one attached hydrogen (secondary N) is 1. The zero-order valence-corrected chi connectivity index (χ0v) is 16.8. The second-order valence-corrected chi connectivity index (χ2v) is 7.93. The van der Waals surface area contributed by atoms with E-state index in [2.05, 4.69) is 5.32 Å². The molecular weight excluding hydrogens is 374 g/mol. The summed E-state index contributed by atoms with van der Waals surface area (Å²) in [4.78, 5) is 27.3. The van der Waals surface area contributed by atoms with Gasteiger partial charge in [-0.25, -0.2) is 8.78 Å². The lowest BCUT2D eigenvalue weighted by Crippen LogP contribution is -2.53. The van der Waals surface area contributed by atoms with E-state index in [9.17, 15) is 18.4 Å². The van der Waals surface area contributed by atoms with Crippen LogP contribution in [0.4, 0.5) is 8.78 Å². The fourth-order valence-electron chi connectivity index (χ4n) is 3.69. The average molecular weight is 400 g/mol. The van der Waals surface area contributed by atoms with Gasteiger partial charge in [-0.05, 0) is 41.2 Å². The molecule has 154 valence electrons. The van der Waals surface area contributed by atoms with Gasteiger partial charge in [-0.2, -0.15) is 0 Å². The van der Waals surface area contributed by atoms with E-state index in [0.29, 0.717) is 31.4 Å². The van der Waals surface area contributed by atoms with Gasteiger partial charge in [0, 0.05) is 32.0 Å². The number of benzene rings is 2. The van der Waals surface area contributed by atoms with Gasteiger partial charge in [0.25, 0.3) is 0 Å². The molecule has 29 heavy (non-hydrogen) atoms. The lowest BCUT2D eigenvalue weighted by molar-refractivity contribution is -0.142. The Morgan fingerprint density at radius 1 is 1.10 bits per heavy atom. The van der Waals surface area contributed by atoms with Crippen molar-refractivity contribution < 1.29 is 18.4 Å². The number of rotatable bonds is 6. The van der Waals surface area contributed by atoms with Gasteiger partial charge in [0.2, 0.25) is 11.8 Å². The first-order valence-corrected chi connectivity index (χ1v) is 9.92. The van der Waals surface area contributed by atoms with Crippen molar-refractivity contribution in [2.24, 2.45) is 5.92 Å².